The number of carbonyl (C=O) groups excluding carboxylic acids is 4. The number of rotatable bonds is 17. The number of nitrogens with one attached hydrogen (secondary N) is 1. The number of nitrogens with two attached hydrogens (primary N) is 3. The third kappa shape index (κ3) is 12.7. The zero-order chi connectivity index (χ0) is 49.3. The zero-order valence-electron chi connectivity index (χ0n) is 38.3. The summed E-state index contributed by atoms with van der Waals surface area (Å²) < 4.78 is 13.0. The number of ether oxygens (including phenoxy) is 2. The number of amides is 2. The molecule has 0 fully saturated rings. The number of aliphatic hydroxyl groups is 2. The van der Waals surface area contributed by atoms with Crippen LogP contribution in [0.4, 0.5) is 0 Å². The Bertz CT molecular complexity index is 2500. The summed E-state index contributed by atoms with van der Waals surface area (Å²) in [5.41, 5.74) is 18.6. The fraction of sp³-hybridized carbons (Fsp3) is 0.438. The smallest absolute Gasteiger partial charge is 0.326 e. The Morgan fingerprint density at radius 3 is 2.12 bits per heavy atom. The molecule has 6 atom stereocenters. The van der Waals surface area contributed by atoms with Gasteiger partial charge in [0.05, 0.1) is 11.9 Å². The molecule has 2 amide bonds. The highest BCUT2D eigenvalue weighted by molar-refractivity contribution is 5.99. The van der Waals surface area contributed by atoms with Crippen molar-refractivity contribution < 1.29 is 53.9 Å². The standard InChI is InChI=1S/C48H61N7O12/c1-26-14-39(59)43(54(5)46(63)28(12-13-49)18-38(58)30-20-42(60)55(52-23-30)32-9-7-31(8-10-32)48(2,3)4)29-17-36(44(61)41(19-29)67-25-34(57)22-51)35-15-27(16-37(47(64)65)53-45(26)62)6-11-40(35)66-24-33(56)21-50/h6-11,15,17,19-20,23,26,28,33-34,37,43,56-57,61H,12-14,16,18,21-22,24-25,49-51H2,1-5H3,(H,53,62)(H,64,65)/t26-,28-,33-,34-,37+,43+/m1/s1. The van der Waals surface area contributed by atoms with Crippen molar-refractivity contribution >= 4 is 29.4 Å². The van der Waals surface area contributed by atoms with E-state index in [1.165, 1.54) is 44.4 Å². The van der Waals surface area contributed by atoms with Crippen molar-refractivity contribution in [2.45, 2.75) is 83.1 Å². The number of aromatic nitrogens is 2. The predicted octanol–water partition coefficient (Wildman–Crippen LogP) is 1.76. The Labute approximate surface area is 387 Å². The zero-order valence-corrected chi connectivity index (χ0v) is 38.3. The Morgan fingerprint density at radius 1 is 0.896 bits per heavy atom. The number of fused-ring (bicyclic) bond motifs is 5. The highest BCUT2D eigenvalue weighted by atomic mass is 16.5. The number of carboxylic acid groups (broad SMARTS) is 1. The Kier molecular flexibility index (Phi) is 17.1. The molecule has 1 aliphatic rings. The van der Waals surface area contributed by atoms with Crippen LogP contribution in [-0.2, 0) is 31.0 Å². The molecular weight excluding hydrogens is 867 g/mol. The number of aliphatic hydroxyl groups excluding tert-OH is 2. The van der Waals surface area contributed by atoms with Crippen LogP contribution in [0, 0.1) is 11.8 Å². The van der Waals surface area contributed by atoms with Crippen LogP contribution < -0.4 is 37.6 Å². The molecule has 1 aromatic heterocycles. The van der Waals surface area contributed by atoms with Gasteiger partial charge in [-0.05, 0) is 71.5 Å². The second-order valence-electron chi connectivity index (χ2n) is 17.9. The molecule has 0 unspecified atom stereocenters. The summed E-state index contributed by atoms with van der Waals surface area (Å²) in [7, 11) is 1.33. The summed E-state index contributed by atoms with van der Waals surface area (Å²) in [4.78, 5) is 83.7. The van der Waals surface area contributed by atoms with E-state index in [2.05, 4.69) is 31.2 Å². The molecule has 19 heteroatoms. The van der Waals surface area contributed by atoms with E-state index in [1.54, 1.807) is 18.2 Å². The Morgan fingerprint density at radius 2 is 1.54 bits per heavy atom. The van der Waals surface area contributed by atoms with Crippen LogP contribution in [0.2, 0.25) is 0 Å². The van der Waals surface area contributed by atoms with Crippen LogP contribution in [0.3, 0.4) is 0 Å². The van der Waals surface area contributed by atoms with Crippen molar-refractivity contribution in [3.8, 4) is 34.1 Å². The number of hydrogen-bond acceptors (Lipinski definition) is 15. The molecule has 3 aromatic carbocycles. The summed E-state index contributed by atoms with van der Waals surface area (Å²) in [6, 6.07) is 12.7. The van der Waals surface area contributed by atoms with Crippen molar-refractivity contribution in [1.29, 1.82) is 0 Å². The van der Waals surface area contributed by atoms with E-state index in [9.17, 15) is 49.2 Å². The van der Waals surface area contributed by atoms with Gasteiger partial charge in [0.25, 0.3) is 5.56 Å². The van der Waals surface area contributed by atoms with Crippen LogP contribution in [-0.4, -0.2) is 123 Å². The number of aromatic hydroxyl groups is 1. The Balaban J connectivity index is 1.61. The first-order valence-corrected chi connectivity index (χ1v) is 21.9. The molecule has 11 N–H and O–H groups in total. The highest BCUT2D eigenvalue weighted by Gasteiger charge is 2.37. The predicted molar refractivity (Wildman–Crippen MR) is 247 cm³/mol. The molecule has 0 spiro atoms. The monoisotopic (exact) mass is 927 g/mol. The van der Waals surface area contributed by atoms with Gasteiger partial charge in [0.1, 0.15) is 43.3 Å². The lowest BCUT2D eigenvalue weighted by Gasteiger charge is -2.32. The van der Waals surface area contributed by atoms with Crippen LogP contribution in [0.25, 0.3) is 16.8 Å². The van der Waals surface area contributed by atoms with Crippen molar-refractivity contribution in [2.75, 3.05) is 39.9 Å². The molecule has 67 heavy (non-hydrogen) atoms. The number of phenols is 1. The lowest BCUT2D eigenvalue weighted by atomic mass is 9.87. The number of phenolic OH excluding ortho intramolecular Hbond substituents is 1. The van der Waals surface area contributed by atoms with Crippen molar-refractivity contribution in [1.82, 2.24) is 20.0 Å². The summed E-state index contributed by atoms with van der Waals surface area (Å²) in [6.07, 6.45) is -2.23. The topological polar surface area (TPSA) is 313 Å². The maximum absolute atomic E-state index is 14.7. The lowest BCUT2D eigenvalue weighted by Crippen LogP contribution is -2.45. The number of hydrogen-bond donors (Lipinski definition) is 8. The molecule has 4 aromatic rings. The van der Waals surface area contributed by atoms with Crippen molar-refractivity contribution in [2.24, 2.45) is 29.0 Å². The van der Waals surface area contributed by atoms with Gasteiger partial charge < -0.3 is 57.3 Å². The minimum absolute atomic E-state index is 0.0189. The number of nitrogens with zero attached hydrogens (tertiary/aromatic N) is 3. The van der Waals surface area contributed by atoms with Gasteiger partial charge in [0.15, 0.2) is 23.1 Å². The number of benzene rings is 3. The molecule has 0 aliphatic carbocycles. The first-order valence-electron chi connectivity index (χ1n) is 21.9. The maximum atomic E-state index is 14.7. The molecule has 360 valence electrons. The van der Waals surface area contributed by atoms with Gasteiger partial charge in [-0.25, -0.2) is 4.79 Å². The van der Waals surface area contributed by atoms with Gasteiger partial charge in [0.2, 0.25) is 11.8 Å². The molecule has 0 saturated carbocycles. The van der Waals surface area contributed by atoms with Gasteiger partial charge in [-0.3, -0.25) is 24.0 Å². The minimum atomic E-state index is -1.54. The average Bonchev–Trinajstić information content (AvgIpc) is 3.29. The number of likely N-dealkylation sites (N-methyl/N-ethyl adjacent to an activating group) is 1. The molecule has 0 saturated heterocycles. The van der Waals surface area contributed by atoms with E-state index in [1.807, 2.05) is 12.1 Å². The summed E-state index contributed by atoms with van der Waals surface area (Å²) in [5.74, 6) is -7.01. The van der Waals surface area contributed by atoms with Gasteiger partial charge in [0, 0.05) is 74.0 Å². The van der Waals surface area contributed by atoms with E-state index >= 15 is 0 Å². The molecular formula is C48H61N7O12. The normalized spacial score (nSPS) is 17.9. The molecule has 19 nitrogen and oxygen atoms in total. The number of carbonyl (C=O) groups is 5. The molecule has 1 aliphatic heterocycles. The third-order valence-corrected chi connectivity index (χ3v) is 11.6. The van der Waals surface area contributed by atoms with E-state index < -0.39 is 96.2 Å². The minimum Gasteiger partial charge on any atom is -0.504 e. The van der Waals surface area contributed by atoms with Gasteiger partial charge in [-0.2, -0.15) is 9.78 Å². The fourth-order valence-electron chi connectivity index (χ4n) is 7.66. The van der Waals surface area contributed by atoms with E-state index in [0.717, 1.165) is 21.2 Å². The average molecular weight is 928 g/mol. The van der Waals surface area contributed by atoms with Gasteiger partial charge >= 0.3 is 5.97 Å². The van der Waals surface area contributed by atoms with Gasteiger partial charge in [-0.1, -0.05) is 45.9 Å². The largest absolute Gasteiger partial charge is 0.504 e. The van der Waals surface area contributed by atoms with E-state index in [0.29, 0.717) is 11.3 Å². The Hall–Kier alpha value is -6.51. The lowest BCUT2D eigenvalue weighted by molar-refractivity contribution is -0.144. The van der Waals surface area contributed by atoms with Crippen LogP contribution >= 0.6 is 0 Å². The van der Waals surface area contributed by atoms with Gasteiger partial charge in [-0.15, -0.1) is 0 Å². The van der Waals surface area contributed by atoms with Crippen LogP contribution in [0.15, 0.2) is 71.7 Å². The number of Topliss-reactive ketones (excluding diaryl/α,β-unsaturated/α-hetero) is 2. The number of carboxylic acids is 1. The second kappa shape index (κ2) is 22.3. The third-order valence-electron chi connectivity index (χ3n) is 11.6. The van der Waals surface area contributed by atoms with E-state index in [-0.39, 0.29) is 78.3 Å². The summed E-state index contributed by atoms with van der Waals surface area (Å²) in [5, 5.41) is 49.4. The maximum Gasteiger partial charge on any atom is 0.326 e. The quantitative estimate of drug-likeness (QED) is 0.0700. The number of ketones is 2. The van der Waals surface area contributed by atoms with Crippen LogP contribution in [0.1, 0.15) is 80.0 Å². The fourth-order valence-corrected chi connectivity index (χ4v) is 7.66. The number of aliphatic carboxylic acids is 1. The second-order valence-corrected chi connectivity index (χ2v) is 17.9. The molecule has 4 bridgehead atoms. The van der Waals surface area contributed by atoms with Crippen molar-refractivity contribution in [3.05, 3.63) is 99.5 Å². The van der Waals surface area contributed by atoms with E-state index in [4.69, 9.17) is 26.7 Å². The van der Waals surface area contributed by atoms with Crippen molar-refractivity contribution in [3.63, 3.8) is 0 Å². The summed E-state index contributed by atoms with van der Waals surface area (Å²) >= 11 is 0. The summed E-state index contributed by atoms with van der Waals surface area (Å²) in [6.45, 7) is 6.51. The highest BCUT2D eigenvalue weighted by Crippen LogP contribution is 2.45. The molecule has 2 heterocycles. The molecule has 5 rings (SSSR count). The SMILES string of the molecule is C[C@@H]1CC(=O)[C@@H](N(C)C(=O)[C@H](CCN)CC(=O)c2cnn(-c3ccc(C(C)(C)C)cc3)c(=O)c2)c2cc(OC[C@H](O)CN)c(O)c(c2)-c2cc(ccc2OC[C@H](O)CN)C[C@@H](C(=O)O)NC1=O. The van der Waals surface area contributed by atoms with Crippen LogP contribution in [0.5, 0.6) is 17.2 Å². The first-order chi connectivity index (χ1) is 31.7. The molecule has 0 radical (unpaired) electrons. The first kappa shape index (κ1) is 51.5.